The van der Waals surface area contributed by atoms with E-state index in [4.69, 9.17) is 20.3 Å². The Morgan fingerprint density at radius 3 is 2.42 bits per heavy atom. The Kier molecular flexibility index (Phi) is 5.83. The number of hydrogen-bond donors (Lipinski definition) is 4. The van der Waals surface area contributed by atoms with Gasteiger partial charge in [-0.25, -0.2) is 0 Å². The Morgan fingerprint density at radius 1 is 1.26 bits per heavy atom. The molecule has 0 radical (unpaired) electrons. The summed E-state index contributed by atoms with van der Waals surface area (Å²) in [5, 5.41) is 28.1. The molecule has 0 aromatic carbocycles. The number of ether oxygens (including phenoxy) is 2. The molecule has 1 saturated heterocycles. The number of carbonyl (C=O) groups is 2. The predicted octanol–water partition coefficient (Wildman–Crippen LogP) is -2.33. The van der Waals surface area contributed by atoms with Gasteiger partial charge in [-0.3, -0.25) is 4.79 Å². The second-order valence-electron chi connectivity index (χ2n) is 4.48. The monoisotopic (exact) mass is 277 g/mol. The Morgan fingerprint density at radius 2 is 1.89 bits per heavy atom. The van der Waals surface area contributed by atoms with Crippen molar-refractivity contribution >= 4 is 11.8 Å². The minimum absolute atomic E-state index is 0.0371. The highest BCUT2D eigenvalue weighted by Crippen LogP contribution is 2.21. The second-order valence-corrected chi connectivity index (χ2v) is 4.48. The van der Waals surface area contributed by atoms with Crippen LogP contribution in [0.25, 0.3) is 0 Å². The summed E-state index contributed by atoms with van der Waals surface area (Å²) in [5.41, 5.74) is 5.57. The third-order valence-electron chi connectivity index (χ3n) is 2.86. The summed E-state index contributed by atoms with van der Waals surface area (Å²) in [6.45, 7) is 0.796. The largest absolute Gasteiger partial charge is 0.434 e. The first-order chi connectivity index (χ1) is 8.86. The van der Waals surface area contributed by atoms with E-state index in [0.717, 1.165) is 0 Å². The highest BCUT2D eigenvalue weighted by molar-refractivity contribution is 5.81. The van der Waals surface area contributed by atoms with E-state index in [0.29, 0.717) is 0 Å². The highest BCUT2D eigenvalue weighted by atomic mass is 16.7. The molecule has 8 nitrogen and oxygen atoms in total. The SMILES string of the molecule is CC(=O)CCC(=O)OC1O[C@H](CO)[C@H](O)[C@H](O)[C@H]1N. The Hall–Kier alpha value is -1.06. The first-order valence-electron chi connectivity index (χ1n) is 5.93. The molecular formula is C11H19NO7. The molecule has 0 spiro atoms. The summed E-state index contributed by atoms with van der Waals surface area (Å²) in [7, 11) is 0. The van der Waals surface area contributed by atoms with Crippen LogP contribution in [0.1, 0.15) is 19.8 Å². The van der Waals surface area contributed by atoms with Gasteiger partial charge >= 0.3 is 5.97 Å². The van der Waals surface area contributed by atoms with Crippen molar-refractivity contribution in [3.8, 4) is 0 Å². The normalized spacial score (nSPS) is 34.9. The van der Waals surface area contributed by atoms with Crippen LogP contribution in [0.5, 0.6) is 0 Å². The van der Waals surface area contributed by atoms with E-state index in [1.807, 2.05) is 0 Å². The van der Waals surface area contributed by atoms with E-state index >= 15 is 0 Å². The molecule has 1 unspecified atom stereocenters. The molecule has 0 aromatic heterocycles. The number of ketones is 1. The molecule has 1 aliphatic rings. The standard InChI is InChI=1S/C11H19NO7/c1-5(14)2-3-7(15)19-11-8(12)10(17)9(16)6(4-13)18-11/h6,8-11,13,16-17H,2-4,12H2,1H3/t6-,8-,9+,10-,11?/m1/s1. The molecule has 19 heavy (non-hydrogen) atoms. The Balaban J connectivity index is 2.56. The Bertz CT molecular complexity index is 333. The molecule has 0 aliphatic carbocycles. The van der Waals surface area contributed by atoms with Gasteiger partial charge in [0.25, 0.3) is 0 Å². The molecule has 0 saturated carbocycles. The van der Waals surface area contributed by atoms with E-state index < -0.39 is 43.2 Å². The molecule has 1 aliphatic heterocycles. The summed E-state index contributed by atoms with van der Waals surface area (Å²) >= 11 is 0. The molecule has 0 bridgehead atoms. The van der Waals surface area contributed by atoms with Gasteiger partial charge in [-0.1, -0.05) is 0 Å². The lowest BCUT2D eigenvalue weighted by Gasteiger charge is -2.39. The summed E-state index contributed by atoms with van der Waals surface area (Å²) in [4.78, 5) is 22.2. The van der Waals surface area contributed by atoms with Gasteiger partial charge in [0.1, 0.15) is 24.1 Å². The summed E-state index contributed by atoms with van der Waals surface area (Å²) in [5.74, 6) is -0.856. The lowest BCUT2D eigenvalue weighted by molar-refractivity contribution is -0.259. The summed E-state index contributed by atoms with van der Waals surface area (Å²) in [6.07, 6.45) is -5.17. The van der Waals surface area contributed by atoms with Crippen molar-refractivity contribution in [3.05, 3.63) is 0 Å². The van der Waals surface area contributed by atoms with Crippen molar-refractivity contribution in [3.63, 3.8) is 0 Å². The molecular weight excluding hydrogens is 258 g/mol. The maximum Gasteiger partial charge on any atom is 0.308 e. The fourth-order valence-electron chi connectivity index (χ4n) is 1.68. The third-order valence-corrected chi connectivity index (χ3v) is 2.86. The lowest BCUT2D eigenvalue weighted by Crippen LogP contribution is -2.62. The van der Waals surface area contributed by atoms with E-state index in [2.05, 4.69) is 0 Å². The van der Waals surface area contributed by atoms with Crippen LogP contribution >= 0.6 is 0 Å². The second kappa shape index (κ2) is 6.92. The molecule has 8 heteroatoms. The zero-order valence-electron chi connectivity index (χ0n) is 10.6. The van der Waals surface area contributed by atoms with Gasteiger partial charge in [0.05, 0.1) is 19.1 Å². The first kappa shape index (κ1) is 16.0. The molecule has 110 valence electrons. The van der Waals surface area contributed by atoms with Crippen LogP contribution in [0.3, 0.4) is 0 Å². The van der Waals surface area contributed by atoms with Crippen LogP contribution in [0.15, 0.2) is 0 Å². The number of hydrogen-bond acceptors (Lipinski definition) is 8. The van der Waals surface area contributed by atoms with Crippen LogP contribution < -0.4 is 5.73 Å². The minimum atomic E-state index is -1.38. The van der Waals surface area contributed by atoms with Crippen LogP contribution in [-0.4, -0.2) is 64.3 Å². The van der Waals surface area contributed by atoms with Crippen LogP contribution in [0.2, 0.25) is 0 Å². The van der Waals surface area contributed by atoms with Gasteiger partial charge < -0.3 is 35.3 Å². The smallest absolute Gasteiger partial charge is 0.308 e. The van der Waals surface area contributed by atoms with Crippen LogP contribution in [-0.2, 0) is 19.1 Å². The van der Waals surface area contributed by atoms with Crippen molar-refractivity contribution in [2.45, 2.75) is 50.4 Å². The fraction of sp³-hybridized carbons (Fsp3) is 0.818. The number of carbonyl (C=O) groups excluding carboxylic acids is 2. The van der Waals surface area contributed by atoms with E-state index in [-0.39, 0.29) is 18.6 Å². The lowest BCUT2D eigenvalue weighted by atomic mass is 9.98. The van der Waals surface area contributed by atoms with Gasteiger partial charge in [-0.15, -0.1) is 0 Å². The minimum Gasteiger partial charge on any atom is -0.434 e. The number of esters is 1. The van der Waals surface area contributed by atoms with Crippen molar-refractivity contribution in [2.24, 2.45) is 5.73 Å². The Labute approximate surface area is 110 Å². The quantitative estimate of drug-likeness (QED) is 0.410. The molecule has 5 N–H and O–H groups in total. The van der Waals surface area contributed by atoms with Crippen molar-refractivity contribution < 1.29 is 34.4 Å². The van der Waals surface area contributed by atoms with Gasteiger partial charge in [-0.2, -0.15) is 0 Å². The maximum absolute atomic E-state index is 11.4. The summed E-state index contributed by atoms with van der Waals surface area (Å²) < 4.78 is 9.98. The van der Waals surface area contributed by atoms with Crippen molar-refractivity contribution in [1.29, 1.82) is 0 Å². The molecule has 0 amide bonds. The third kappa shape index (κ3) is 4.22. The van der Waals surface area contributed by atoms with E-state index in [1.54, 1.807) is 0 Å². The van der Waals surface area contributed by atoms with E-state index in [9.17, 15) is 19.8 Å². The topological polar surface area (TPSA) is 139 Å². The number of Topliss-reactive ketones (excluding diaryl/α,β-unsaturated/α-hetero) is 1. The predicted molar refractivity (Wildman–Crippen MR) is 61.7 cm³/mol. The average Bonchev–Trinajstić information content (AvgIpc) is 2.37. The van der Waals surface area contributed by atoms with Crippen LogP contribution in [0, 0.1) is 0 Å². The van der Waals surface area contributed by atoms with Crippen molar-refractivity contribution in [2.75, 3.05) is 6.61 Å². The highest BCUT2D eigenvalue weighted by Gasteiger charge is 2.44. The van der Waals surface area contributed by atoms with Gasteiger partial charge in [0, 0.05) is 6.42 Å². The first-order valence-corrected chi connectivity index (χ1v) is 5.93. The number of aliphatic hydroxyl groups excluding tert-OH is 3. The van der Waals surface area contributed by atoms with Crippen molar-refractivity contribution in [1.82, 2.24) is 0 Å². The molecule has 5 atom stereocenters. The number of nitrogens with two attached hydrogens (primary N) is 1. The fourth-order valence-corrected chi connectivity index (χ4v) is 1.68. The van der Waals surface area contributed by atoms with Crippen LogP contribution in [0.4, 0.5) is 0 Å². The molecule has 1 heterocycles. The van der Waals surface area contributed by atoms with E-state index in [1.165, 1.54) is 6.92 Å². The average molecular weight is 277 g/mol. The summed E-state index contributed by atoms with van der Waals surface area (Å²) in [6, 6.07) is -1.13. The van der Waals surface area contributed by atoms with Gasteiger partial charge in [0.2, 0.25) is 6.29 Å². The zero-order chi connectivity index (χ0) is 14.6. The van der Waals surface area contributed by atoms with Gasteiger partial charge in [0.15, 0.2) is 0 Å². The number of aliphatic hydroxyl groups is 3. The zero-order valence-corrected chi connectivity index (χ0v) is 10.6. The molecule has 0 aromatic rings. The molecule has 1 rings (SSSR count). The number of rotatable bonds is 5. The molecule has 1 fully saturated rings. The van der Waals surface area contributed by atoms with Gasteiger partial charge in [-0.05, 0) is 6.92 Å². The maximum atomic E-state index is 11.4.